The highest BCUT2D eigenvalue weighted by molar-refractivity contribution is 5.82. The average Bonchev–Trinajstić information content (AvgIpc) is 3.18. The maximum Gasteiger partial charge on any atom is 0.253 e. The summed E-state index contributed by atoms with van der Waals surface area (Å²) in [5, 5.41) is 6.02. The Bertz CT molecular complexity index is 645. The van der Waals surface area contributed by atoms with Crippen LogP contribution in [0.15, 0.2) is 48.8 Å². The van der Waals surface area contributed by atoms with Crippen molar-refractivity contribution in [2.24, 2.45) is 0 Å². The highest BCUT2D eigenvalue weighted by Crippen LogP contribution is 2.28. The Morgan fingerprint density at radius 3 is 2.52 bits per heavy atom. The van der Waals surface area contributed by atoms with E-state index in [2.05, 4.69) is 20.6 Å². The van der Waals surface area contributed by atoms with Gasteiger partial charge in [-0.3, -0.25) is 4.79 Å². The number of hydrogen-bond donors (Lipinski definition) is 2. The summed E-state index contributed by atoms with van der Waals surface area (Å²) in [5.74, 6) is 0.451. The minimum Gasteiger partial charge on any atom is -0.360 e. The van der Waals surface area contributed by atoms with Gasteiger partial charge in [0.05, 0.1) is 6.10 Å². The molecule has 2 N–H and O–H groups in total. The molecule has 0 bridgehead atoms. The quantitative estimate of drug-likeness (QED) is 0.723. The predicted octanol–water partition coefficient (Wildman–Crippen LogP) is 2.71. The molecule has 1 aliphatic carbocycles. The second-order valence-corrected chi connectivity index (χ2v) is 6.12. The van der Waals surface area contributed by atoms with Crippen LogP contribution in [0.1, 0.15) is 37.4 Å². The Labute approximate surface area is 148 Å². The summed E-state index contributed by atoms with van der Waals surface area (Å²) in [4.78, 5) is 20.8. The number of nitrogens with zero attached hydrogens (tertiary/aromatic N) is 2. The predicted molar refractivity (Wildman–Crippen MR) is 96.1 cm³/mol. The number of anilines is 1. The van der Waals surface area contributed by atoms with Gasteiger partial charge in [-0.1, -0.05) is 43.2 Å². The van der Waals surface area contributed by atoms with Crippen molar-refractivity contribution in [2.75, 3.05) is 18.4 Å². The lowest BCUT2D eigenvalue weighted by Gasteiger charge is -2.22. The Morgan fingerprint density at radius 1 is 1.08 bits per heavy atom. The molecule has 6 heteroatoms. The number of rotatable bonds is 8. The van der Waals surface area contributed by atoms with E-state index in [0.717, 1.165) is 18.4 Å². The number of amides is 1. The summed E-state index contributed by atoms with van der Waals surface area (Å²) in [7, 11) is 0. The minimum absolute atomic E-state index is 0.103. The van der Waals surface area contributed by atoms with E-state index in [4.69, 9.17) is 4.74 Å². The van der Waals surface area contributed by atoms with E-state index >= 15 is 0 Å². The first-order valence-corrected chi connectivity index (χ1v) is 8.82. The molecule has 1 amide bonds. The van der Waals surface area contributed by atoms with Crippen molar-refractivity contribution in [3.05, 3.63) is 54.4 Å². The first-order valence-electron chi connectivity index (χ1n) is 8.82. The monoisotopic (exact) mass is 340 g/mol. The Kier molecular flexibility index (Phi) is 6.34. The van der Waals surface area contributed by atoms with Crippen molar-refractivity contribution >= 4 is 11.9 Å². The number of carbonyl (C=O) groups excluding carboxylic acids is 1. The summed E-state index contributed by atoms with van der Waals surface area (Å²) >= 11 is 0. The van der Waals surface area contributed by atoms with Crippen molar-refractivity contribution < 1.29 is 9.53 Å². The third kappa shape index (κ3) is 5.26. The van der Waals surface area contributed by atoms with E-state index in [0.29, 0.717) is 19.0 Å². The molecule has 1 aliphatic rings. The molecule has 0 saturated heterocycles. The summed E-state index contributed by atoms with van der Waals surface area (Å²) in [6, 6.07) is 11.4. The Balaban J connectivity index is 1.53. The van der Waals surface area contributed by atoms with E-state index in [9.17, 15) is 4.79 Å². The number of aromatic nitrogens is 2. The molecule has 25 heavy (non-hydrogen) atoms. The number of benzene rings is 1. The maximum absolute atomic E-state index is 12.6. The average molecular weight is 340 g/mol. The van der Waals surface area contributed by atoms with Crippen LogP contribution in [-0.2, 0) is 9.53 Å². The minimum atomic E-state index is -0.558. The van der Waals surface area contributed by atoms with Crippen molar-refractivity contribution in [2.45, 2.75) is 37.9 Å². The van der Waals surface area contributed by atoms with Gasteiger partial charge in [-0.15, -0.1) is 0 Å². The second kappa shape index (κ2) is 9.13. The van der Waals surface area contributed by atoms with Crippen molar-refractivity contribution in [3.8, 4) is 0 Å². The normalized spacial score (nSPS) is 15.7. The highest BCUT2D eigenvalue weighted by Gasteiger charge is 2.26. The number of nitrogens with one attached hydrogen (secondary N) is 2. The summed E-state index contributed by atoms with van der Waals surface area (Å²) in [6.07, 6.45) is 7.38. The van der Waals surface area contributed by atoms with Gasteiger partial charge in [0.2, 0.25) is 5.95 Å². The zero-order valence-corrected chi connectivity index (χ0v) is 14.2. The number of ether oxygens (including phenoxy) is 1. The molecular formula is C19H24N4O2. The van der Waals surface area contributed by atoms with Gasteiger partial charge in [0, 0.05) is 25.5 Å². The smallest absolute Gasteiger partial charge is 0.253 e. The third-order valence-electron chi connectivity index (χ3n) is 4.24. The Morgan fingerprint density at radius 2 is 1.80 bits per heavy atom. The molecule has 1 aromatic carbocycles. The van der Waals surface area contributed by atoms with Gasteiger partial charge in [0.25, 0.3) is 5.91 Å². The summed E-state index contributed by atoms with van der Waals surface area (Å²) < 4.78 is 6.12. The molecule has 0 radical (unpaired) electrons. The fourth-order valence-corrected chi connectivity index (χ4v) is 2.98. The molecular weight excluding hydrogens is 316 g/mol. The van der Waals surface area contributed by atoms with Crippen LogP contribution in [0, 0.1) is 0 Å². The number of carbonyl (C=O) groups is 1. The fourth-order valence-electron chi connectivity index (χ4n) is 2.98. The molecule has 0 spiro atoms. The summed E-state index contributed by atoms with van der Waals surface area (Å²) in [6.45, 7) is 1.04. The van der Waals surface area contributed by atoms with Gasteiger partial charge in [-0.2, -0.15) is 0 Å². The van der Waals surface area contributed by atoms with Crippen LogP contribution in [0.3, 0.4) is 0 Å². The third-order valence-corrected chi connectivity index (χ3v) is 4.24. The molecule has 0 aliphatic heterocycles. The molecule has 1 unspecified atom stereocenters. The van der Waals surface area contributed by atoms with Gasteiger partial charge in [0.15, 0.2) is 6.10 Å². The molecule has 2 aromatic rings. The van der Waals surface area contributed by atoms with Gasteiger partial charge in [0.1, 0.15) is 0 Å². The van der Waals surface area contributed by atoms with Crippen molar-refractivity contribution in [1.82, 2.24) is 15.3 Å². The maximum atomic E-state index is 12.6. The van der Waals surface area contributed by atoms with Crippen LogP contribution in [0.25, 0.3) is 0 Å². The van der Waals surface area contributed by atoms with E-state index in [1.165, 1.54) is 12.8 Å². The largest absolute Gasteiger partial charge is 0.360 e. The van der Waals surface area contributed by atoms with Crippen LogP contribution in [-0.4, -0.2) is 35.1 Å². The van der Waals surface area contributed by atoms with Gasteiger partial charge < -0.3 is 15.4 Å². The van der Waals surface area contributed by atoms with Crippen LogP contribution in [0.5, 0.6) is 0 Å². The van der Waals surface area contributed by atoms with Gasteiger partial charge in [-0.25, -0.2) is 9.97 Å². The fraction of sp³-hybridized carbons (Fsp3) is 0.421. The zero-order valence-electron chi connectivity index (χ0n) is 14.2. The molecule has 1 fully saturated rings. The number of hydrogen-bond acceptors (Lipinski definition) is 5. The van der Waals surface area contributed by atoms with Crippen molar-refractivity contribution in [1.29, 1.82) is 0 Å². The van der Waals surface area contributed by atoms with E-state index in [-0.39, 0.29) is 12.0 Å². The first-order chi connectivity index (χ1) is 12.3. The van der Waals surface area contributed by atoms with E-state index < -0.39 is 6.10 Å². The standard InChI is InChI=1S/C19H24N4O2/c24-18(20-13-14-23-19-21-11-6-12-22-19)17(15-7-2-1-3-8-15)25-16-9-4-5-10-16/h1-3,6-8,11-12,16-17H,4-5,9-10,13-14H2,(H,20,24)(H,21,22,23). The molecule has 132 valence electrons. The van der Waals surface area contributed by atoms with Crippen LogP contribution in [0.4, 0.5) is 5.95 Å². The second-order valence-electron chi connectivity index (χ2n) is 6.12. The van der Waals surface area contributed by atoms with E-state index in [1.54, 1.807) is 18.5 Å². The van der Waals surface area contributed by atoms with Crippen LogP contribution < -0.4 is 10.6 Å². The van der Waals surface area contributed by atoms with Crippen LogP contribution in [0.2, 0.25) is 0 Å². The molecule has 1 atom stereocenters. The SMILES string of the molecule is O=C(NCCNc1ncccn1)C(OC1CCCC1)c1ccccc1. The summed E-state index contributed by atoms with van der Waals surface area (Å²) in [5.41, 5.74) is 0.895. The Hall–Kier alpha value is -2.47. The molecule has 1 aromatic heterocycles. The van der Waals surface area contributed by atoms with Crippen molar-refractivity contribution in [3.63, 3.8) is 0 Å². The highest BCUT2D eigenvalue weighted by atomic mass is 16.5. The van der Waals surface area contributed by atoms with Gasteiger partial charge >= 0.3 is 0 Å². The van der Waals surface area contributed by atoms with Crippen LogP contribution >= 0.6 is 0 Å². The topological polar surface area (TPSA) is 76.1 Å². The van der Waals surface area contributed by atoms with E-state index in [1.807, 2.05) is 30.3 Å². The lowest BCUT2D eigenvalue weighted by atomic mass is 10.1. The molecule has 1 heterocycles. The van der Waals surface area contributed by atoms with Gasteiger partial charge in [-0.05, 0) is 24.5 Å². The lowest BCUT2D eigenvalue weighted by molar-refractivity contribution is -0.137. The lowest BCUT2D eigenvalue weighted by Crippen LogP contribution is -2.35. The molecule has 6 nitrogen and oxygen atoms in total. The first kappa shape index (κ1) is 17.4. The molecule has 1 saturated carbocycles. The molecule has 3 rings (SSSR count). The zero-order chi connectivity index (χ0) is 17.3.